The third-order valence-corrected chi connectivity index (χ3v) is 2.50. The minimum absolute atomic E-state index is 0.0640. The number of halogens is 2. The van der Waals surface area contributed by atoms with Gasteiger partial charge in [-0.05, 0) is 30.3 Å². The smallest absolute Gasteiger partial charge is 0.141 e. The SMILES string of the molecule is O=C([O-])c1cccnc1Nc1ccc(F)c(Cl)c1. The van der Waals surface area contributed by atoms with Crippen molar-refractivity contribution in [3.8, 4) is 0 Å². The van der Waals surface area contributed by atoms with Gasteiger partial charge >= 0.3 is 0 Å². The molecule has 0 atom stereocenters. The fourth-order valence-electron chi connectivity index (χ4n) is 1.38. The van der Waals surface area contributed by atoms with Crippen LogP contribution in [-0.4, -0.2) is 11.0 Å². The Labute approximate surface area is 107 Å². The highest BCUT2D eigenvalue weighted by molar-refractivity contribution is 6.31. The summed E-state index contributed by atoms with van der Waals surface area (Å²) in [6, 6.07) is 6.77. The van der Waals surface area contributed by atoms with Crippen LogP contribution in [0.1, 0.15) is 10.4 Å². The molecule has 0 aliphatic rings. The Morgan fingerprint density at radius 2 is 2.17 bits per heavy atom. The maximum Gasteiger partial charge on any atom is 0.141 e. The Hall–Kier alpha value is -2.14. The van der Waals surface area contributed by atoms with Gasteiger partial charge in [-0.2, -0.15) is 0 Å². The molecule has 0 saturated heterocycles. The van der Waals surface area contributed by atoms with E-state index in [1.807, 2.05) is 0 Å². The highest BCUT2D eigenvalue weighted by Crippen LogP contribution is 2.23. The first-order valence-corrected chi connectivity index (χ1v) is 5.34. The average Bonchev–Trinajstić information content (AvgIpc) is 2.34. The van der Waals surface area contributed by atoms with Gasteiger partial charge in [-0.25, -0.2) is 9.37 Å². The summed E-state index contributed by atoms with van der Waals surface area (Å²) in [7, 11) is 0. The van der Waals surface area contributed by atoms with Gasteiger partial charge in [0.25, 0.3) is 0 Å². The molecule has 0 aliphatic carbocycles. The topological polar surface area (TPSA) is 65.0 Å². The van der Waals surface area contributed by atoms with E-state index in [9.17, 15) is 14.3 Å². The van der Waals surface area contributed by atoms with Crippen LogP contribution in [0.5, 0.6) is 0 Å². The van der Waals surface area contributed by atoms with Crippen LogP contribution in [0.25, 0.3) is 0 Å². The predicted molar refractivity (Wildman–Crippen MR) is 63.3 cm³/mol. The van der Waals surface area contributed by atoms with Crippen LogP contribution in [0.3, 0.4) is 0 Å². The number of carbonyl (C=O) groups excluding carboxylic acids is 1. The Balaban J connectivity index is 2.34. The molecule has 0 bridgehead atoms. The fourth-order valence-corrected chi connectivity index (χ4v) is 1.56. The van der Waals surface area contributed by atoms with E-state index in [2.05, 4.69) is 10.3 Å². The van der Waals surface area contributed by atoms with Gasteiger partial charge in [0, 0.05) is 17.4 Å². The van der Waals surface area contributed by atoms with Crippen molar-refractivity contribution in [2.45, 2.75) is 0 Å². The minimum atomic E-state index is -1.35. The standard InChI is InChI=1S/C12H8ClFN2O2/c13-9-6-7(3-4-10(9)14)16-11-8(12(17)18)2-1-5-15-11/h1-6H,(H,15,16)(H,17,18)/p-1. The number of hydrogen-bond acceptors (Lipinski definition) is 4. The van der Waals surface area contributed by atoms with E-state index >= 15 is 0 Å². The number of carbonyl (C=O) groups is 1. The van der Waals surface area contributed by atoms with Gasteiger partial charge in [0.1, 0.15) is 11.6 Å². The average molecular weight is 266 g/mol. The number of anilines is 2. The lowest BCUT2D eigenvalue weighted by atomic mass is 10.2. The first-order chi connectivity index (χ1) is 8.58. The molecule has 1 aromatic heterocycles. The lowest BCUT2D eigenvalue weighted by Crippen LogP contribution is -2.23. The number of aromatic nitrogens is 1. The van der Waals surface area contributed by atoms with Crippen molar-refractivity contribution >= 4 is 29.1 Å². The van der Waals surface area contributed by atoms with Gasteiger partial charge in [0.05, 0.1) is 11.0 Å². The van der Waals surface area contributed by atoms with Crippen molar-refractivity contribution in [2.24, 2.45) is 0 Å². The van der Waals surface area contributed by atoms with Crippen LogP contribution in [-0.2, 0) is 0 Å². The summed E-state index contributed by atoms with van der Waals surface area (Å²) >= 11 is 5.62. The van der Waals surface area contributed by atoms with Crippen LogP contribution in [0, 0.1) is 5.82 Å². The highest BCUT2D eigenvalue weighted by Gasteiger charge is 2.06. The number of aromatic carboxylic acids is 1. The van der Waals surface area contributed by atoms with E-state index < -0.39 is 11.8 Å². The van der Waals surface area contributed by atoms with Crippen LogP contribution >= 0.6 is 11.6 Å². The molecule has 0 fully saturated rings. The summed E-state index contributed by atoms with van der Waals surface area (Å²) in [5.41, 5.74) is 0.348. The Morgan fingerprint density at radius 3 is 2.83 bits per heavy atom. The van der Waals surface area contributed by atoms with Crippen molar-refractivity contribution in [2.75, 3.05) is 5.32 Å². The Morgan fingerprint density at radius 1 is 1.39 bits per heavy atom. The largest absolute Gasteiger partial charge is 0.545 e. The lowest BCUT2D eigenvalue weighted by molar-refractivity contribution is -0.254. The summed E-state index contributed by atoms with van der Waals surface area (Å²) in [6.45, 7) is 0. The van der Waals surface area contributed by atoms with E-state index in [1.54, 1.807) is 0 Å². The molecule has 0 radical (unpaired) electrons. The van der Waals surface area contributed by atoms with Crippen LogP contribution in [0.15, 0.2) is 36.5 Å². The van der Waals surface area contributed by atoms with Gasteiger partial charge < -0.3 is 15.2 Å². The number of nitrogens with zero attached hydrogens (tertiary/aromatic N) is 1. The van der Waals surface area contributed by atoms with Crippen molar-refractivity contribution in [1.29, 1.82) is 0 Å². The van der Waals surface area contributed by atoms with Crippen molar-refractivity contribution in [1.82, 2.24) is 4.98 Å². The third kappa shape index (κ3) is 2.57. The molecule has 0 saturated carbocycles. The van der Waals surface area contributed by atoms with Gasteiger partial charge in [-0.1, -0.05) is 11.6 Å². The van der Waals surface area contributed by atoms with Gasteiger partial charge in [-0.15, -0.1) is 0 Å². The second kappa shape index (κ2) is 5.01. The molecule has 92 valence electrons. The number of rotatable bonds is 3. The summed E-state index contributed by atoms with van der Waals surface area (Å²) in [4.78, 5) is 14.7. The Bertz CT molecular complexity index is 604. The second-order valence-corrected chi connectivity index (χ2v) is 3.85. The molecule has 2 rings (SSSR count). The van der Waals surface area contributed by atoms with E-state index in [-0.39, 0.29) is 16.4 Å². The van der Waals surface area contributed by atoms with Crippen molar-refractivity contribution < 1.29 is 14.3 Å². The monoisotopic (exact) mass is 265 g/mol. The molecule has 4 nitrogen and oxygen atoms in total. The van der Waals surface area contributed by atoms with E-state index in [0.29, 0.717) is 5.69 Å². The highest BCUT2D eigenvalue weighted by atomic mass is 35.5. The van der Waals surface area contributed by atoms with Crippen molar-refractivity contribution in [3.63, 3.8) is 0 Å². The number of carboxylic acids is 1. The molecule has 6 heteroatoms. The molecule has 1 N–H and O–H groups in total. The first-order valence-electron chi connectivity index (χ1n) is 4.96. The number of carboxylic acid groups (broad SMARTS) is 1. The molecule has 2 aromatic rings. The molecular weight excluding hydrogens is 259 g/mol. The van der Waals surface area contributed by atoms with E-state index in [1.165, 1.54) is 36.5 Å². The summed E-state index contributed by atoms with van der Waals surface area (Å²) in [5.74, 6) is -1.79. The number of hydrogen-bond donors (Lipinski definition) is 1. The Kier molecular flexibility index (Phi) is 3.43. The van der Waals surface area contributed by atoms with Crippen LogP contribution in [0.4, 0.5) is 15.9 Å². The van der Waals surface area contributed by atoms with Crippen LogP contribution < -0.4 is 10.4 Å². The maximum absolute atomic E-state index is 13.0. The third-order valence-electron chi connectivity index (χ3n) is 2.21. The molecule has 0 spiro atoms. The van der Waals surface area contributed by atoms with E-state index in [0.717, 1.165) is 0 Å². The fraction of sp³-hybridized carbons (Fsp3) is 0. The molecule has 0 amide bonds. The zero-order valence-corrected chi connectivity index (χ0v) is 9.74. The normalized spacial score (nSPS) is 10.1. The van der Waals surface area contributed by atoms with Gasteiger partial charge in [-0.3, -0.25) is 0 Å². The maximum atomic E-state index is 13.0. The zero-order valence-electron chi connectivity index (χ0n) is 8.98. The number of benzene rings is 1. The molecule has 1 heterocycles. The van der Waals surface area contributed by atoms with E-state index in [4.69, 9.17) is 11.6 Å². The van der Waals surface area contributed by atoms with Gasteiger partial charge in [0.2, 0.25) is 0 Å². The number of pyridine rings is 1. The van der Waals surface area contributed by atoms with Crippen molar-refractivity contribution in [3.05, 3.63) is 52.9 Å². The first kappa shape index (κ1) is 12.3. The molecule has 0 unspecified atom stereocenters. The second-order valence-electron chi connectivity index (χ2n) is 3.44. The minimum Gasteiger partial charge on any atom is -0.545 e. The predicted octanol–water partition coefficient (Wildman–Crippen LogP) is 1.98. The summed E-state index contributed by atoms with van der Waals surface area (Å²) < 4.78 is 13.0. The lowest BCUT2D eigenvalue weighted by Gasteiger charge is -2.11. The molecule has 0 aliphatic heterocycles. The number of nitrogens with one attached hydrogen (secondary N) is 1. The quantitative estimate of drug-likeness (QED) is 0.922. The molecular formula is C12H7ClFN2O2-. The molecule has 1 aromatic carbocycles. The zero-order chi connectivity index (χ0) is 13.1. The van der Waals surface area contributed by atoms with Crippen LogP contribution in [0.2, 0.25) is 5.02 Å². The summed E-state index contributed by atoms with van der Waals surface area (Å²) in [6.07, 6.45) is 1.43. The molecule has 18 heavy (non-hydrogen) atoms. The summed E-state index contributed by atoms with van der Waals surface area (Å²) in [5, 5.41) is 13.5. The van der Waals surface area contributed by atoms with Gasteiger partial charge in [0.15, 0.2) is 0 Å².